The molecule has 10 aromatic carbocycles. The summed E-state index contributed by atoms with van der Waals surface area (Å²) in [5, 5.41) is 7.95. The Hall–Kier alpha value is -9.13. The van der Waals surface area contributed by atoms with Crippen LogP contribution >= 0.6 is 0 Å². The van der Waals surface area contributed by atoms with Gasteiger partial charge in [0, 0.05) is 49.3 Å². The van der Waals surface area contributed by atoms with Gasteiger partial charge in [0.2, 0.25) is 11.8 Å². The van der Waals surface area contributed by atoms with Gasteiger partial charge < -0.3 is 8.98 Å². The molecule has 6 nitrogen and oxygen atoms in total. The largest absolute Gasteiger partial charge is 0.434 e. The minimum absolute atomic E-state index is 0.602. The van der Waals surface area contributed by atoms with E-state index in [1.165, 1.54) is 16.3 Å². The highest BCUT2D eigenvalue weighted by molar-refractivity contribution is 6.19. The Balaban J connectivity index is 0.979. The van der Waals surface area contributed by atoms with E-state index in [-0.39, 0.29) is 0 Å². The maximum Gasteiger partial charge on any atom is 0.235 e. The molecule has 0 unspecified atom stereocenters. The molecule has 0 saturated heterocycles. The molecule has 0 N–H and O–H groups in total. The highest BCUT2D eigenvalue weighted by Crippen LogP contribution is 2.43. The maximum atomic E-state index is 6.69. The lowest BCUT2D eigenvalue weighted by molar-refractivity contribution is 0.622. The molecule has 4 heterocycles. The number of hydrogen-bond donors (Lipinski definition) is 0. The van der Waals surface area contributed by atoms with E-state index in [9.17, 15) is 0 Å². The third-order valence-corrected chi connectivity index (χ3v) is 13.4. The average molecular weight is 856 g/mol. The second-order valence-corrected chi connectivity index (χ2v) is 17.1. The Morgan fingerprint density at radius 2 is 0.985 bits per heavy atom. The van der Waals surface area contributed by atoms with Crippen LogP contribution in [0.3, 0.4) is 0 Å². The SMILES string of the molecule is c1ccc(-c2nc3ccc4c5cc(-c6cccc7c8ccccc8n(-c8nc(-c9ccc(-c%10cccc%11ccccc%10%11)cc9)c9ccccc9n8)c67)ccc5n(-c5ccccc5)c4c3o2)cc1. The van der Waals surface area contributed by atoms with Crippen LogP contribution in [0, 0.1) is 0 Å². The third kappa shape index (κ3) is 5.80. The van der Waals surface area contributed by atoms with Crippen LogP contribution in [0.4, 0.5) is 0 Å². The van der Waals surface area contributed by atoms with Crippen molar-refractivity contribution in [3.63, 3.8) is 0 Å². The molecular formula is C61H37N5O. The van der Waals surface area contributed by atoms with Gasteiger partial charge in [0.15, 0.2) is 5.58 Å². The fourth-order valence-electron chi connectivity index (χ4n) is 10.3. The Bertz CT molecular complexity index is 4250. The normalized spacial score (nSPS) is 11.9. The van der Waals surface area contributed by atoms with Crippen LogP contribution in [0.5, 0.6) is 0 Å². The molecule has 0 fully saturated rings. The van der Waals surface area contributed by atoms with E-state index in [0.29, 0.717) is 11.8 Å². The molecule has 0 spiro atoms. The Labute approximate surface area is 384 Å². The van der Waals surface area contributed by atoms with Gasteiger partial charge in [0.25, 0.3) is 0 Å². The van der Waals surface area contributed by atoms with Crippen LogP contribution in [0.1, 0.15) is 0 Å². The first kappa shape index (κ1) is 37.3. The number of para-hydroxylation sites is 4. The summed E-state index contributed by atoms with van der Waals surface area (Å²) in [7, 11) is 0. The van der Waals surface area contributed by atoms with Gasteiger partial charge in [-0.3, -0.25) is 4.57 Å². The maximum absolute atomic E-state index is 6.69. The zero-order valence-corrected chi connectivity index (χ0v) is 36.0. The van der Waals surface area contributed by atoms with Crippen LogP contribution in [-0.4, -0.2) is 24.1 Å². The first-order valence-corrected chi connectivity index (χ1v) is 22.6. The van der Waals surface area contributed by atoms with E-state index in [0.717, 1.165) is 105 Å². The van der Waals surface area contributed by atoms with E-state index >= 15 is 0 Å². The van der Waals surface area contributed by atoms with Gasteiger partial charge in [-0.05, 0) is 88.1 Å². The summed E-state index contributed by atoms with van der Waals surface area (Å²) in [6, 6.07) is 79.2. The number of hydrogen-bond acceptors (Lipinski definition) is 4. The first-order chi connectivity index (χ1) is 33.2. The lowest BCUT2D eigenvalue weighted by Gasteiger charge is -2.14. The summed E-state index contributed by atoms with van der Waals surface area (Å²) < 4.78 is 11.3. The summed E-state index contributed by atoms with van der Waals surface area (Å²) >= 11 is 0. The summed E-state index contributed by atoms with van der Waals surface area (Å²) in [4.78, 5) is 15.8. The fraction of sp³-hybridized carbons (Fsp3) is 0. The predicted octanol–water partition coefficient (Wildman–Crippen LogP) is 15.8. The average Bonchev–Trinajstić information content (AvgIpc) is 4.09. The first-order valence-electron chi connectivity index (χ1n) is 22.6. The summed E-state index contributed by atoms with van der Waals surface area (Å²) in [6.07, 6.45) is 0. The molecule has 0 bridgehead atoms. The van der Waals surface area contributed by atoms with E-state index in [2.05, 4.69) is 203 Å². The van der Waals surface area contributed by atoms with Gasteiger partial charge >= 0.3 is 0 Å². The predicted molar refractivity (Wildman–Crippen MR) is 275 cm³/mol. The van der Waals surface area contributed by atoms with Crippen molar-refractivity contribution in [3.8, 4) is 56.6 Å². The minimum atomic E-state index is 0.602. The molecule has 0 aliphatic heterocycles. The van der Waals surface area contributed by atoms with Gasteiger partial charge in [0.05, 0.1) is 33.3 Å². The number of oxazole rings is 1. The van der Waals surface area contributed by atoms with E-state index < -0.39 is 0 Å². The van der Waals surface area contributed by atoms with Gasteiger partial charge in [-0.2, -0.15) is 0 Å². The number of nitrogens with zero attached hydrogens (tertiary/aromatic N) is 5. The highest BCUT2D eigenvalue weighted by atomic mass is 16.3. The monoisotopic (exact) mass is 855 g/mol. The summed E-state index contributed by atoms with van der Waals surface area (Å²) in [5.41, 5.74) is 15.1. The molecule has 14 rings (SSSR count). The molecule has 0 atom stereocenters. The number of rotatable bonds is 6. The molecule has 4 aromatic heterocycles. The molecule has 0 aliphatic rings. The molecule has 6 heteroatoms. The van der Waals surface area contributed by atoms with Crippen molar-refractivity contribution < 1.29 is 4.42 Å². The highest BCUT2D eigenvalue weighted by Gasteiger charge is 2.23. The van der Waals surface area contributed by atoms with Crippen molar-refractivity contribution >= 4 is 76.4 Å². The molecule has 67 heavy (non-hydrogen) atoms. The molecule has 0 radical (unpaired) electrons. The van der Waals surface area contributed by atoms with Crippen molar-refractivity contribution in [1.82, 2.24) is 24.1 Å². The lowest BCUT2D eigenvalue weighted by Crippen LogP contribution is -2.04. The fourth-order valence-corrected chi connectivity index (χ4v) is 10.3. The molecule has 0 amide bonds. The summed E-state index contributed by atoms with van der Waals surface area (Å²) in [6.45, 7) is 0. The van der Waals surface area contributed by atoms with Crippen LogP contribution in [-0.2, 0) is 0 Å². The molecule has 14 aromatic rings. The molecule has 0 aliphatic carbocycles. The zero-order chi connectivity index (χ0) is 44.0. The van der Waals surface area contributed by atoms with Crippen molar-refractivity contribution in [2.24, 2.45) is 0 Å². The quantitative estimate of drug-likeness (QED) is 0.167. The van der Waals surface area contributed by atoms with Crippen molar-refractivity contribution in [3.05, 3.63) is 224 Å². The molecule has 0 saturated carbocycles. The minimum Gasteiger partial charge on any atom is -0.434 e. The number of aromatic nitrogens is 5. The lowest BCUT2D eigenvalue weighted by atomic mass is 9.96. The number of benzene rings is 10. The van der Waals surface area contributed by atoms with Gasteiger partial charge in [-0.1, -0.05) is 164 Å². The van der Waals surface area contributed by atoms with Crippen LogP contribution in [0.25, 0.3) is 133 Å². The van der Waals surface area contributed by atoms with Crippen LogP contribution in [0.15, 0.2) is 229 Å². The van der Waals surface area contributed by atoms with Crippen molar-refractivity contribution in [2.45, 2.75) is 0 Å². The van der Waals surface area contributed by atoms with Gasteiger partial charge in [-0.25, -0.2) is 15.0 Å². The second-order valence-electron chi connectivity index (χ2n) is 17.1. The zero-order valence-electron chi connectivity index (χ0n) is 36.0. The van der Waals surface area contributed by atoms with E-state index in [1.54, 1.807) is 0 Å². The van der Waals surface area contributed by atoms with E-state index in [4.69, 9.17) is 19.4 Å². The standard InChI is InChI=1S/C61H37N5O/c1-3-16-41(17-4-1)60-62-53-35-34-49-51-37-42(33-36-55(51)65(58(49)59(53)67-60)43-19-5-2-6-20-43)46-25-14-26-48-47-22-10-12-28-54(47)66(57(46)48)61-63-52-27-11-9-23-50(52)56(64-61)40-31-29-39(30-32-40)45-24-13-18-38-15-7-8-21-44(38)45/h1-37H. The van der Waals surface area contributed by atoms with Crippen LogP contribution in [0.2, 0.25) is 0 Å². The molecular weight excluding hydrogens is 819 g/mol. The van der Waals surface area contributed by atoms with Gasteiger partial charge in [-0.15, -0.1) is 0 Å². The Morgan fingerprint density at radius 3 is 1.85 bits per heavy atom. The second kappa shape index (κ2) is 14.7. The van der Waals surface area contributed by atoms with Crippen molar-refractivity contribution in [2.75, 3.05) is 0 Å². The van der Waals surface area contributed by atoms with Crippen LogP contribution < -0.4 is 0 Å². The number of fused-ring (bicyclic) bond motifs is 10. The summed E-state index contributed by atoms with van der Waals surface area (Å²) in [5.74, 6) is 1.22. The Morgan fingerprint density at radius 1 is 0.343 bits per heavy atom. The Kier molecular flexibility index (Phi) is 8.18. The smallest absolute Gasteiger partial charge is 0.235 e. The van der Waals surface area contributed by atoms with E-state index in [1.807, 2.05) is 30.3 Å². The third-order valence-electron chi connectivity index (χ3n) is 13.4. The van der Waals surface area contributed by atoms with Gasteiger partial charge in [0.1, 0.15) is 5.52 Å². The van der Waals surface area contributed by atoms with Crippen molar-refractivity contribution in [1.29, 1.82) is 0 Å². The molecule has 312 valence electrons. The topological polar surface area (TPSA) is 61.7 Å².